The van der Waals surface area contributed by atoms with Gasteiger partial charge in [-0.05, 0) is 25.0 Å². The number of carbonyl (C=O) groups excluding carboxylic acids is 1. The summed E-state index contributed by atoms with van der Waals surface area (Å²) in [5.74, 6) is -4.69. The van der Waals surface area contributed by atoms with Crippen LogP contribution in [0.3, 0.4) is 0 Å². The van der Waals surface area contributed by atoms with E-state index in [1.807, 2.05) is 0 Å². The van der Waals surface area contributed by atoms with Crippen LogP contribution in [0.1, 0.15) is 23.2 Å². The summed E-state index contributed by atoms with van der Waals surface area (Å²) in [6.45, 7) is 0.462. The van der Waals surface area contributed by atoms with Crippen LogP contribution in [0.15, 0.2) is 12.1 Å². The molecule has 0 saturated heterocycles. The molecule has 1 aromatic rings. The van der Waals surface area contributed by atoms with E-state index in [1.54, 1.807) is 4.90 Å². The van der Waals surface area contributed by atoms with Gasteiger partial charge in [-0.25, -0.2) is 13.2 Å². The average Bonchev–Trinajstić information content (AvgIpc) is 3.15. The lowest BCUT2D eigenvalue weighted by molar-refractivity contribution is 0.0753. The summed E-state index contributed by atoms with van der Waals surface area (Å²) >= 11 is 3.23. The van der Waals surface area contributed by atoms with Gasteiger partial charge in [-0.2, -0.15) is 0 Å². The fraction of sp³-hybridized carbons (Fsp3) is 0.417. The average molecular weight is 322 g/mol. The fourth-order valence-corrected chi connectivity index (χ4v) is 2.15. The molecule has 98 valence electrons. The molecule has 0 radical (unpaired) electrons. The van der Waals surface area contributed by atoms with Crippen LogP contribution in [0.2, 0.25) is 0 Å². The van der Waals surface area contributed by atoms with E-state index in [9.17, 15) is 18.0 Å². The van der Waals surface area contributed by atoms with E-state index in [-0.39, 0.29) is 11.6 Å². The van der Waals surface area contributed by atoms with Crippen LogP contribution in [0.5, 0.6) is 0 Å². The largest absolute Gasteiger partial charge is 0.335 e. The molecule has 2 rings (SSSR count). The van der Waals surface area contributed by atoms with Crippen molar-refractivity contribution in [2.75, 3.05) is 11.9 Å². The summed E-state index contributed by atoms with van der Waals surface area (Å²) < 4.78 is 39.0. The lowest BCUT2D eigenvalue weighted by Gasteiger charge is -2.21. The minimum Gasteiger partial charge on any atom is -0.335 e. The number of amides is 1. The van der Waals surface area contributed by atoms with Crippen LogP contribution < -0.4 is 0 Å². The van der Waals surface area contributed by atoms with E-state index in [4.69, 9.17) is 0 Å². The van der Waals surface area contributed by atoms with E-state index < -0.39 is 23.4 Å². The van der Waals surface area contributed by atoms with Crippen molar-refractivity contribution >= 4 is 21.8 Å². The summed E-state index contributed by atoms with van der Waals surface area (Å²) in [7, 11) is 0. The van der Waals surface area contributed by atoms with Gasteiger partial charge in [0, 0.05) is 23.5 Å². The molecule has 0 heterocycles. The standard InChI is InChI=1S/C12H11BrF3NO/c13-3-4-17(8-1-2-8)12(18)7-5-9(14)11(16)10(15)6-7/h5-6,8H,1-4H2. The molecule has 0 unspecified atom stereocenters. The van der Waals surface area contributed by atoms with E-state index in [2.05, 4.69) is 15.9 Å². The third-order valence-electron chi connectivity index (χ3n) is 2.80. The van der Waals surface area contributed by atoms with Crippen molar-refractivity contribution in [1.82, 2.24) is 4.90 Å². The van der Waals surface area contributed by atoms with Crippen molar-refractivity contribution in [3.63, 3.8) is 0 Å². The minimum absolute atomic E-state index is 0.131. The number of nitrogens with zero attached hydrogens (tertiary/aromatic N) is 1. The van der Waals surface area contributed by atoms with Crippen molar-refractivity contribution < 1.29 is 18.0 Å². The SMILES string of the molecule is O=C(c1cc(F)c(F)c(F)c1)N(CCBr)C1CC1. The van der Waals surface area contributed by atoms with Crippen LogP contribution in [-0.2, 0) is 0 Å². The second-order valence-electron chi connectivity index (χ2n) is 4.17. The van der Waals surface area contributed by atoms with Crippen LogP contribution in [0.25, 0.3) is 0 Å². The Morgan fingerprint density at radius 3 is 2.28 bits per heavy atom. The fourth-order valence-electron chi connectivity index (χ4n) is 1.77. The number of alkyl halides is 1. The van der Waals surface area contributed by atoms with Gasteiger partial charge in [0.25, 0.3) is 5.91 Å². The van der Waals surface area contributed by atoms with Crippen LogP contribution in [0.4, 0.5) is 13.2 Å². The molecule has 1 aromatic carbocycles. The molecule has 2 nitrogen and oxygen atoms in total. The van der Waals surface area contributed by atoms with Crippen LogP contribution in [-0.4, -0.2) is 28.7 Å². The number of benzene rings is 1. The van der Waals surface area contributed by atoms with Crippen molar-refractivity contribution in [3.05, 3.63) is 35.1 Å². The molecule has 6 heteroatoms. The van der Waals surface area contributed by atoms with Gasteiger partial charge < -0.3 is 4.90 Å². The maximum Gasteiger partial charge on any atom is 0.254 e. The quantitative estimate of drug-likeness (QED) is 0.616. The van der Waals surface area contributed by atoms with E-state index in [0.717, 1.165) is 25.0 Å². The van der Waals surface area contributed by atoms with E-state index in [1.165, 1.54) is 0 Å². The van der Waals surface area contributed by atoms with Gasteiger partial charge >= 0.3 is 0 Å². The molecule has 1 fully saturated rings. The molecule has 18 heavy (non-hydrogen) atoms. The molecule has 0 atom stereocenters. The molecule has 1 aliphatic carbocycles. The maximum atomic E-state index is 13.1. The van der Waals surface area contributed by atoms with Gasteiger partial charge in [-0.1, -0.05) is 15.9 Å². The number of halogens is 4. The normalized spacial score (nSPS) is 14.7. The van der Waals surface area contributed by atoms with Gasteiger partial charge in [0.15, 0.2) is 17.5 Å². The Hall–Kier alpha value is -1.04. The Labute approximate surface area is 111 Å². The first-order chi connectivity index (χ1) is 8.54. The molecular weight excluding hydrogens is 311 g/mol. The van der Waals surface area contributed by atoms with Gasteiger partial charge in [0.2, 0.25) is 0 Å². The Balaban J connectivity index is 2.26. The summed E-state index contributed by atoms with van der Waals surface area (Å²) in [5.41, 5.74) is -0.153. The monoisotopic (exact) mass is 321 g/mol. The van der Waals surface area contributed by atoms with Crippen molar-refractivity contribution in [1.29, 1.82) is 0 Å². The summed E-state index contributed by atoms with van der Waals surface area (Å²) in [6.07, 6.45) is 1.79. The zero-order valence-electron chi connectivity index (χ0n) is 9.43. The van der Waals surface area contributed by atoms with Gasteiger partial charge in [-0.15, -0.1) is 0 Å². The molecule has 0 N–H and O–H groups in total. The minimum atomic E-state index is -1.55. The first-order valence-corrected chi connectivity index (χ1v) is 6.68. The van der Waals surface area contributed by atoms with E-state index >= 15 is 0 Å². The van der Waals surface area contributed by atoms with Crippen molar-refractivity contribution in [2.24, 2.45) is 0 Å². The Morgan fingerprint density at radius 2 is 1.83 bits per heavy atom. The van der Waals surface area contributed by atoms with Crippen LogP contribution >= 0.6 is 15.9 Å². The van der Waals surface area contributed by atoms with Gasteiger partial charge in [0.1, 0.15) is 0 Å². The Morgan fingerprint density at radius 1 is 1.28 bits per heavy atom. The highest BCUT2D eigenvalue weighted by molar-refractivity contribution is 9.09. The zero-order chi connectivity index (χ0) is 13.3. The third kappa shape index (κ3) is 2.68. The molecule has 0 aliphatic heterocycles. The van der Waals surface area contributed by atoms with Crippen molar-refractivity contribution in [2.45, 2.75) is 18.9 Å². The molecule has 1 saturated carbocycles. The second-order valence-corrected chi connectivity index (χ2v) is 4.97. The summed E-state index contributed by atoms with van der Waals surface area (Å²) in [4.78, 5) is 13.6. The Bertz CT molecular complexity index is 453. The Kier molecular flexibility index (Phi) is 3.94. The molecule has 1 amide bonds. The number of carbonyl (C=O) groups is 1. The van der Waals surface area contributed by atoms with E-state index in [0.29, 0.717) is 11.9 Å². The number of rotatable bonds is 4. The highest BCUT2D eigenvalue weighted by Gasteiger charge is 2.33. The number of hydrogen-bond acceptors (Lipinski definition) is 1. The first-order valence-electron chi connectivity index (χ1n) is 5.56. The summed E-state index contributed by atoms with van der Waals surface area (Å²) in [5, 5.41) is 0.585. The molecular formula is C12H11BrF3NO. The highest BCUT2D eigenvalue weighted by atomic mass is 79.9. The predicted molar refractivity (Wildman–Crippen MR) is 64.2 cm³/mol. The number of hydrogen-bond donors (Lipinski definition) is 0. The maximum absolute atomic E-state index is 13.1. The highest BCUT2D eigenvalue weighted by Crippen LogP contribution is 2.28. The molecule has 0 aromatic heterocycles. The molecule has 0 spiro atoms. The van der Waals surface area contributed by atoms with Crippen LogP contribution in [0, 0.1) is 17.5 Å². The summed E-state index contributed by atoms with van der Waals surface area (Å²) in [6, 6.07) is 1.61. The zero-order valence-corrected chi connectivity index (χ0v) is 11.0. The smallest absolute Gasteiger partial charge is 0.254 e. The predicted octanol–water partition coefficient (Wildman–Crippen LogP) is 3.10. The second kappa shape index (κ2) is 5.30. The van der Waals surface area contributed by atoms with Gasteiger partial charge in [0.05, 0.1) is 0 Å². The topological polar surface area (TPSA) is 20.3 Å². The lowest BCUT2D eigenvalue weighted by atomic mass is 10.1. The molecule has 1 aliphatic rings. The first kappa shape index (κ1) is 13.4. The molecule has 0 bridgehead atoms. The van der Waals surface area contributed by atoms with Crippen molar-refractivity contribution in [3.8, 4) is 0 Å². The lowest BCUT2D eigenvalue weighted by Crippen LogP contribution is -2.34. The van der Waals surface area contributed by atoms with Gasteiger partial charge in [-0.3, -0.25) is 4.79 Å². The third-order valence-corrected chi connectivity index (χ3v) is 3.16.